The lowest BCUT2D eigenvalue weighted by molar-refractivity contribution is -0.115. The quantitative estimate of drug-likeness (QED) is 0.484. The zero-order chi connectivity index (χ0) is 23.1. The molecule has 5 rings (SSSR count). The van der Waals surface area contributed by atoms with Crippen LogP contribution in [-0.4, -0.2) is 27.6 Å². The number of nitrogens with one attached hydrogen (secondary N) is 1. The molecule has 0 aliphatic carbocycles. The molecule has 0 radical (unpaired) electrons. The van der Waals surface area contributed by atoms with Crippen molar-refractivity contribution in [3.8, 4) is 11.4 Å². The van der Waals surface area contributed by atoms with Gasteiger partial charge in [0.2, 0.25) is 5.91 Å². The fraction of sp³-hybridized carbons (Fsp3) is 0.208. The molecule has 0 spiro atoms. The number of nitrogens with zero attached hydrogens (tertiary/aromatic N) is 3. The number of methoxy groups -OCH3 is 1. The number of aryl methyl sites for hydroxylation is 1. The maximum absolute atomic E-state index is 14.1. The Balaban J connectivity index is 1.49. The molecule has 0 fully saturated rings. The number of carbonyl (C=O) groups excluding carboxylic acids is 1. The minimum Gasteiger partial charge on any atom is -0.494 e. The Hall–Kier alpha value is -3.98. The van der Waals surface area contributed by atoms with Crippen molar-refractivity contribution in [1.82, 2.24) is 14.5 Å². The molecule has 0 saturated heterocycles. The van der Waals surface area contributed by atoms with Gasteiger partial charge in [0.05, 0.1) is 38.1 Å². The Morgan fingerprint density at radius 1 is 1.24 bits per heavy atom. The van der Waals surface area contributed by atoms with Gasteiger partial charge in [-0.1, -0.05) is 17.7 Å². The number of anilines is 2. The molecule has 1 aliphatic heterocycles. The monoisotopic (exact) mass is 447 g/mol. The van der Waals surface area contributed by atoms with Gasteiger partial charge in [0.1, 0.15) is 28.9 Å². The highest BCUT2D eigenvalue weighted by molar-refractivity contribution is 5.94. The summed E-state index contributed by atoms with van der Waals surface area (Å²) in [6.07, 6.45) is 1.36. The van der Waals surface area contributed by atoms with Gasteiger partial charge >= 0.3 is 0 Å². The van der Waals surface area contributed by atoms with Crippen molar-refractivity contribution in [1.29, 1.82) is 0 Å². The van der Waals surface area contributed by atoms with Gasteiger partial charge < -0.3 is 25.1 Å². The molecule has 168 valence electrons. The van der Waals surface area contributed by atoms with E-state index in [1.165, 1.54) is 19.5 Å². The van der Waals surface area contributed by atoms with Crippen LogP contribution in [-0.2, 0) is 29.2 Å². The zero-order valence-electron chi connectivity index (χ0n) is 18.2. The summed E-state index contributed by atoms with van der Waals surface area (Å²) in [4.78, 5) is 21.2. The Bertz CT molecular complexity index is 1400. The second-order valence-electron chi connectivity index (χ2n) is 7.91. The highest BCUT2D eigenvalue weighted by Crippen LogP contribution is 2.37. The van der Waals surface area contributed by atoms with Crippen LogP contribution in [0.3, 0.4) is 0 Å². The van der Waals surface area contributed by atoms with E-state index in [2.05, 4.69) is 15.3 Å². The highest BCUT2D eigenvalue weighted by Gasteiger charge is 2.26. The average molecular weight is 447 g/mol. The summed E-state index contributed by atoms with van der Waals surface area (Å²) >= 11 is 0. The van der Waals surface area contributed by atoms with Gasteiger partial charge in [-0.2, -0.15) is 0 Å². The fourth-order valence-corrected chi connectivity index (χ4v) is 4.21. The number of hydrogen-bond acceptors (Lipinski definition) is 6. The first-order valence-electron chi connectivity index (χ1n) is 10.4. The lowest BCUT2D eigenvalue weighted by Crippen LogP contribution is -2.16. The number of ether oxygens (including phenoxy) is 2. The number of aromatic nitrogens is 3. The Morgan fingerprint density at radius 3 is 2.91 bits per heavy atom. The van der Waals surface area contributed by atoms with Crippen molar-refractivity contribution in [2.75, 3.05) is 18.2 Å². The van der Waals surface area contributed by atoms with Crippen LogP contribution in [0.15, 0.2) is 42.7 Å². The van der Waals surface area contributed by atoms with E-state index in [9.17, 15) is 9.18 Å². The van der Waals surface area contributed by atoms with E-state index in [-0.39, 0.29) is 12.3 Å². The van der Waals surface area contributed by atoms with Crippen LogP contribution < -0.4 is 15.8 Å². The molecule has 2 aromatic carbocycles. The predicted octanol–water partition coefficient (Wildman–Crippen LogP) is 3.67. The van der Waals surface area contributed by atoms with Gasteiger partial charge in [0.25, 0.3) is 0 Å². The summed E-state index contributed by atoms with van der Waals surface area (Å²) in [5.74, 6) is 0.0683. The summed E-state index contributed by atoms with van der Waals surface area (Å²) in [5, 5.41) is 2.82. The molecule has 2 aromatic heterocycles. The molecule has 8 nitrogen and oxygen atoms in total. The Labute approximate surface area is 189 Å². The van der Waals surface area contributed by atoms with Crippen molar-refractivity contribution in [2.45, 2.75) is 26.6 Å². The normalized spacial score (nSPS) is 12.7. The molecular formula is C24H22FN5O3. The van der Waals surface area contributed by atoms with Gasteiger partial charge in [-0.25, -0.2) is 14.4 Å². The van der Waals surface area contributed by atoms with Crippen molar-refractivity contribution >= 4 is 28.4 Å². The zero-order valence-corrected chi connectivity index (χ0v) is 18.2. The molecule has 4 aromatic rings. The molecule has 0 saturated carbocycles. The molecule has 0 unspecified atom stereocenters. The molecule has 3 N–H and O–H groups in total. The predicted molar refractivity (Wildman–Crippen MR) is 122 cm³/mol. The number of fused-ring (bicyclic) bond motifs is 3. The second-order valence-corrected chi connectivity index (χ2v) is 7.91. The summed E-state index contributed by atoms with van der Waals surface area (Å²) in [6, 6.07) is 10.1. The number of hydrogen-bond donors (Lipinski definition) is 2. The van der Waals surface area contributed by atoms with Crippen LogP contribution >= 0.6 is 0 Å². The van der Waals surface area contributed by atoms with Crippen LogP contribution in [0, 0.1) is 12.7 Å². The van der Waals surface area contributed by atoms with Crippen LogP contribution in [0.5, 0.6) is 5.75 Å². The molecule has 1 amide bonds. The van der Waals surface area contributed by atoms with Crippen molar-refractivity contribution in [3.05, 3.63) is 70.9 Å². The summed E-state index contributed by atoms with van der Waals surface area (Å²) < 4.78 is 27.2. The first-order valence-corrected chi connectivity index (χ1v) is 10.4. The number of benzene rings is 2. The third-order valence-electron chi connectivity index (χ3n) is 5.73. The van der Waals surface area contributed by atoms with Gasteiger partial charge in [-0.15, -0.1) is 0 Å². The SMILES string of the molecule is COc1cc(-n2c3c(c4ncnc(N)c42)COC3)ccc1NC(=O)Cc1cc(C)ccc1F. The Kier molecular flexibility index (Phi) is 5.18. The molecule has 3 heterocycles. The van der Waals surface area contributed by atoms with Crippen LogP contribution in [0.4, 0.5) is 15.9 Å². The number of amides is 1. The Morgan fingerprint density at radius 2 is 2.09 bits per heavy atom. The van der Waals surface area contributed by atoms with Gasteiger partial charge in [0.15, 0.2) is 5.82 Å². The third-order valence-corrected chi connectivity index (χ3v) is 5.73. The topological polar surface area (TPSA) is 104 Å². The van der Waals surface area contributed by atoms with Crippen LogP contribution in [0.1, 0.15) is 22.4 Å². The van der Waals surface area contributed by atoms with E-state index in [1.807, 2.05) is 17.6 Å². The number of nitrogens with two attached hydrogens (primary N) is 1. The van der Waals surface area contributed by atoms with Crippen molar-refractivity contribution in [2.24, 2.45) is 0 Å². The first-order chi connectivity index (χ1) is 16.0. The largest absolute Gasteiger partial charge is 0.494 e. The number of halogens is 1. The van der Waals surface area contributed by atoms with E-state index < -0.39 is 5.82 Å². The first kappa shape index (κ1) is 20.9. The molecule has 33 heavy (non-hydrogen) atoms. The highest BCUT2D eigenvalue weighted by atomic mass is 19.1. The second kappa shape index (κ2) is 8.18. The summed E-state index contributed by atoms with van der Waals surface area (Å²) in [7, 11) is 1.52. The van der Waals surface area contributed by atoms with E-state index in [0.29, 0.717) is 41.5 Å². The molecule has 1 aliphatic rings. The summed E-state index contributed by atoms with van der Waals surface area (Å²) in [6.45, 7) is 2.73. The minimum absolute atomic E-state index is 0.0840. The average Bonchev–Trinajstić information content (AvgIpc) is 3.38. The molecule has 9 heteroatoms. The van der Waals surface area contributed by atoms with E-state index in [1.54, 1.807) is 24.3 Å². The summed E-state index contributed by atoms with van der Waals surface area (Å²) in [5.41, 5.74) is 12.1. The molecule has 0 bridgehead atoms. The van der Waals surface area contributed by atoms with E-state index in [4.69, 9.17) is 15.2 Å². The standard InChI is InChI=1S/C24H22FN5O3/c1-13-3-5-17(25)14(7-13)8-21(31)29-18-6-4-15(9-20(18)32-2)30-19-11-33-10-16(19)22-23(30)24(26)28-12-27-22/h3-7,9,12H,8,10-11H2,1-2H3,(H,29,31)(H2,26,27,28). The third kappa shape index (κ3) is 3.66. The van der Waals surface area contributed by atoms with Gasteiger partial charge in [-0.05, 0) is 30.7 Å². The van der Waals surface area contributed by atoms with Crippen LogP contribution in [0.2, 0.25) is 0 Å². The van der Waals surface area contributed by atoms with Crippen molar-refractivity contribution < 1.29 is 18.7 Å². The minimum atomic E-state index is -0.409. The van der Waals surface area contributed by atoms with E-state index in [0.717, 1.165) is 28.0 Å². The van der Waals surface area contributed by atoms with Crippen molar-refractivity contribution in [3.63, 3.8) is 0 Å². The maximum atomic E-state index is 14.1. The van der Waals surface area contributed by atoms with Gasteiger partial charge in [-0.3, -0.25) is 4.79 Å². The van der Waals surface area contributed by atoms with Gasteiger partial charge in [0, 0.05) is 17.3 Å². The number of rotatable bonds is 5. The van der Waals surface area contributed by atoms with Crippen LogP contribution in [0.25, 0.3) is 16.7 Å². The smallest absolute Gasteiger partial charge is 0.229 e. The lowest BCUT2D eigenvalue weighted by Gasteiger charge is -2.15. The van der Waals surface area contributed by atoms with E-state index >= 15 is 0 Å². The lowest BCUT2D eigenvalue weighted by atomic mass is 10.1. The number of carbonyl (C=O) groups is 1. The molecular weight excluding hydrogens is 425 g/mol. The fourth-order valence-electron chi connectivity index (χ4n) is 4.21. The number of nitrogen functional groups attached to an aromatic ring is 1. The molecule has 0 atom stereocenters. The maximum Gasteiger partial charge on any atom is 0.229 e.